The second-order valence-corrected chi connectivity index (χ2v) is 7.01. The molecule has 1 aromatic heterocycles. The van der Waals surface area contributed by atoms with E-state index in [1.54, 1.807) is 30.3 Å². The van der Waals surface area contributed by atoms with E-state index in [1.165, 1.54) is 6.42 Å². The van der Waals surface area contributed by atoms with Crippen molar-refractivity contribution in [3.63, 3.8) is 0 Å². The second-order valence-electron chi connectivity index (χ2n) is 5.24. The number of hydrogen-bond acceptors (Lipinski definition) is 4. The molecule has 0 unspecified atom stereocenters. The Bertz CT molecular complexity index is 739. The van der Waals surface area contributed by atoms with Crippen molar-refractivity contribution in [3.05, 3.63) is 30.3 Å². The first-order valence-electron chi connectivity index (χ1n) is 6.70. The molecule has 0 aliphatic heterocycles. The Morgan fingerprint density at radius 1 is 1.25 bits per heavy atom. The average molecular weight is 291 g/mol. The van der Waals surface area contributed by atoms with Gasteiger partial charge >= 0.3 is 0 Å². The number of anilines is 1. The number of nitrogens with zero attached hydrogens (tertiary/aromatic N) is 1. The molecule has 1 fully saturated rings. The summed E-state index contributed by atoms with van der Waals surface area (Å²) in [5.74, 6) is 0.919. The van der Waals surface area contributed by atoms with Crippen LogP contribution in [-0.2, 0) is 10.0 Å². The highest BCUT2D eigenvalue weighted by Gasteiger charge is 2.21. The summed E-state index contributed by atoms with van der Waals surface area (Å²) in [6.45, 7) is 0.528. The van der Waals surface area contributed by atoms with Crippen LogP contribution in [0.15, 0.2) is 35.2 Å². The summed E-state index contributed by atoms with van der Waals surface area (Å²) in [7, 11) is -3.44. The largest absolute Gasteiger partial charge is 0.384 e. The fourth-order valence-corrected chi connectivity index (χ4v) is 3.45. The number of sulfonamides is 1. The van der Waals surface area contributed by atoms with Crippen LogP contribution >= 0.6 is 0 Å². The van der Waals surface area contributed by atoms with E-state index >= 15 is 0 Å². The molecule has 0 atom stereocenters. The van der Waals surface area contributed by atoms with Gasteiger partial charge < -0.3 is 5.73 Å². The van der Waals surface area contributed by atoms with Crippen LogP contribution in [0.5, 0.6) is 0 Å². The number of rotatable bonds is 4. The molecular weight excluding hydrogens is 274 g/mol. The standard InChI is InChI=1S/C14H17N3O2S/c15-14-7-4-11-8-12(5-6-13(11)17-14)20(18,19)16-9-10-2-1-3-10/h4-8,10,16H,1-3,9H2,(H2,15,17). The van der Waals surface area contributed by atoms with E-state index in [0.717, 1.165) is 18.2 Å². The fraction of sp³-hybridized carbons (Fsp3) is 0.357. The Kier molecular flexibility index (Phi) is 3.35. The zero-order valence-electron chi connectivity index (χ0n) is 11.0. The minimum absolute atomic E-state index is 0.274. The SMILES string of the molecule is Nc1ccc2cc(S(=O)(=O)NCC3CCC3)ccc2n1. The zero-order valence-corrected chi connectivity index (χ0v) is 11.9. The van der Waals surface area contributed by atoms with Gasteiger partial charge in [0.2, 0.25) is 10.0 Å². The van der Waals surface area contributed by atoms with Crippen LogP contribution in [0.4, 0.5) is 5.82 Å². The average Bonchev–Trinajstić information content (AvgIpc) is 2.36. The lowest BCUT2D eigenvalue weighted by atomic mass is 9.86. The van der Waals surface area contributed by atoms with Gasteiger partial charge in [0.05, 0.1) is 10.4 Å². The second kappa shape index (κ2) is 5.03. The summed E-state index contributed by atoms with van der Waals surface area (Å²) >= 11 is 0. The van der Waals surface area contributed by atoms with Gasteiger partial charge in [-0.3, -0.25) is 0 Å². The van der Waals surface area contributed by atoms with Crippen LogP contribution in [0.3, 0.4) is 0 Å². The van der Waals surface area contributed by atoms with Crippen molar-refractivity contribution < 1.29 is 8.42 Å². The van der Waals surface area contributed by atoms with Gasteiger partial charge in [-0.25, -0.2) is 18.1 Å². The summed E-state index contributed by atoms with van der Waals surface area (Å²) in [5, 5.41) is 0.769. The predicted molar refractivity (Wildman–Crippen MR) is 78.7 cm³/mol. The number of nitrogen functional groups attached to an aromatic ring is 1. The van der Waals surface area contributed by atoms with Gasteiger partial charge in [-0.05, 0) is 49.1 Å². The highest BCUT2D eigenvalue weighted by atomic mass is 32.2. The van der Waals surface area contributed by atoms with Gasteiger partial charge in [0.25, 0.3) is 0 Å². The lowest BCUT2D eigenvalue weighted by Gasteiger charge is -2.25. The van der Waals surface area contributed by atoms with Crippen LogP contribution in [0, 0.1) is 5.92 Å². The maximum absolute atomic E-state index is 12.2. The molecule has 0 spiro atoms. The minimum Gasteiger partial charge on any atom is -0.384 e. The lowest BCUT2D eigenvalue weighted by molar-refractivity contribution is 0.316. The van der Waals surface area contributed by atoms with Gasteiger partial charge in [0.15, 0.2) is 0 Å². The molecule has 0 amide bonds. The van der Waals surface area contributed by atoms with Crippen molar-refractivity contribution in [2.45, 2.75) is 24.2 Å². The fourth-order valence-electron chi connectivity index (χ4n) is 2.29. The third kappa shape index (κ3) is 2.62. The normalized spacial score (nSPS) is 16.2. The third-order valence-electron chi connectivity index (χ3n) is 3.78. The van der Waals surface area contributed by atoms with Crippen LogP contribution in [0.1, 0.15) is 19.3 Å². The molecule has 3 N–H and O–H groups in total. The van der Waals surface area contributed by atoms with E-state index in [9.17, 15) is 8.42 Å². The zero-order chi connectivity index (χ0) is 14.2. The van der Waals surface area contributed by atoms with Crippen LogP contribution in [-0.4, -0.2) is 19.9 Å². The van der Waals surface area contributed by atoms with E-state index < -0.39 is 10.0 Å². The molecule has 0 saturated heterocycles. The summed E-state index contributed by atoms with van der Waals surface area (Å²) in [4.78, 5) is 4.43. The quantitative estimate of drug-likeness (QED) is 0.901. The molecule has 1 aliphatic rings. The Hall–Kier alpha value is -1.66. The molecule has 0 radical (unpaired) electrons. The topological polar surface area (TPSA) is 85.1 Å². The Morgan fingerprint density at radius 3 is 2.75 bits per heavy atom. The van der Waals surface area contributed by atoms with Gasteiger partial charge in [0.1, 0.15) is 5.82 Å². The summed E-state index contributed by atoms with van der Waals surface area (Å²) in [5.41, 5.74) is 6.31. The van der Waals surface area contributed by atoms with Crippen molar-refractivity contribution in [1.82, 2.24) is 9.71 Å². The van der Waals surface area contributed by atoms with Crippen LogP contribution in [0.25, 0.3) is 10.9 Å². The molecule has 2 aromatic rings. The van der Waals surface area contributed by atoms with E-state index in [-0.39, 0.29) is 4.90 Å². The van der Waals surface area contributed by atoms with Crippen LogP contribution in [0.2, 0.25) is 0 Å². The molecular formula is C14H17N3O2S. The number of hydrogen-bond donors (Lipinski definition) is 2. The van der Waals surface area contributed by atoms with Gasteiger partial charge in [-0.1, -0.05) is 6.42 Å². The molecule has 20 heavy (non-hydrogen) atoms. The molecule has 1 aromatic carbocycles. The number of nitrogens with one attached hydrogen (secondary N) is 1. The smallest absolute Gasteiger partial charge is 0.240 e. The Labute approximate surface area is 118 Å². The van der Waals surface area contributed by atoms with Crippen molar-refractivity contribution in [2.75, 3.05) is 12.3 Å². The molecule has 3 rings (SSSR count). The number of pyridine rings is 1. The predicted octanol–water partition coefficient (Wildman–Crippen LogP) is 1.90. The van der Waals surface area contributed by atoms with Crippen molar-refractivity contribution in [1.29, 1.82) is 0 Å². The molecule has 6 heteroatoms. The molecule has 0 bridgehead atoms. The monoisotopic (exact) mass is 291 g/mol. The lowest BCUT2D eigenvalue weighted by Crippen LogP contribution is -2.32. The van der Waals surface area contributed by atoms with Crippen molar-refractivity contribution in [3.8, 4) is 0 Å². The van der Waals surface area contributed by atoms with E-state index in [0.29, 0.717) is 23.8 Å². The number of nitrogens with two attached hydrogens (primary N) is 1. The Balaban J connectivity index is 1.86. The van der Waals surface area contributed by atoms with E-state index in [4.69, 9.17) is 5.73 Å². The molecule has 1 aliphatic carbocycles. The Morgan fingerprint density at radius 2 is 2.05 bits per heavy atom. The molecule has 5 nitrogen and oxygen atoms in total. The highest BCUT2D eigenvalue weighted by molar-refractivity contribution is 7.89. The first-order chi connectivity index (χ1) is 9.54. The number of aromatic nitrogens is 1. The van der Waals surface area contributed by atoms with E-state index in [2.05, 4.69) is 9.71 Å². The van der Waals surface area contributed by atoms with Crippen LogP contribution < -0.4 is 10.5 Å². The maximum Gasteiger partial charge on any atom is 0.240 e. The number of benzene rings is 1. The summed E-state index contributed by atoms with van der Waals surface area (Å²) in [6, 6.07) is 8.33. The van der Waals surface area contributed by atoms with E-state index in [1.807, 2.05) is 0 Å². The van der Waals surface area contributed by atoms with Gasteiger partial charge in [-0.2, -0.15) is 0 Å². The first kappa shape index (κ1) is 13.3. The van der Waals surface area contributed by atoms with Crippen molar-refractivity contribution >= 4 is 26.7 Å². The van der Waals surface area contributed by atoms with Gasteiger partial charge in [-0.15, -0.1) is 0 Å². The molecule has 1 saturated carbocycles. The molecule has 1 heterocycles. The molecule has 106 valence electrons. The minimum atomic E-state index is -3.44. The third-order valence-corrected chi connectivity index (χ3v) is 5.20. The summed E-state index contributed by atoms with van der Waals surface area (Å²) < 4.78 is 27.1. The number of fused-ring (bicyclic) bond motifs is 1. The maximum atomic E-state index is 12.2. The van der Waals surface area contributed by atoms with Gasteiger partial charge in [0, 0.05) is 11.9 Å². The first-order valence-corrected chi connectivity index (χ1v) is 8.19. The van der Waals surface area contributed by atoms with Crippen molar-refractivity contribution in [2.24, 2.45) is 5.92 Å². The highest BCUT2D eigenvalue weighted by Crippen LogP contribution is 2.26. The summed E-state index contributed by atoms with van der Waals surface area (Å²) in [6.07, 6.45) is 3.43.